The van der Waals surface area contributed by atoms with Crippen molar-refractivity contribution in [1.29, 1.82) is 0 Å². The van der Waals surface area contributed by atoms with Gasteiger partial charge >= 0.3 is 0 Å². The molecule has 18 heavy (non-hydrogen) atoms. The van der Waals surface area contributed by atoms with Crippen molar-refractivity contribution in [3.63, 3.8) is 0 Å². The maximum absolute atomic E-state index is 6.17. The second-order valence-corrected chi connectivity index (χ2v) is 4.74. The fourth-order valence-corrected chi connectivity index (χ4v) is 2.27. The highest BCUT2D eigenvalue weighted by atomic mass is 35.5. The number of fused-ring (bicyclic) bond motifs is 1. The van der Waals surface area contributed by atoms with Crippen LogP contribution in [0.25, 0.3) is 16.9 Å². The van der Waals surface area contributed by atoms with Gasteiger partial charge in [-0.2, -0.15) is 0 Å². The monoisotopic (exact) mass is 277 g/mol. The molecule has 3 aromatic rings. The fourth-order valence-electron chi connectivity index (χ4n) is 1.89. The van der Waals surface area contributed by atoms with Crippen molar-refractivity contribution in [2.75, 3.05) is 5.73 Å². The summed E-state index contributed by atoms with van der Waals surface area (Å²) in [5.74, 6) is 0.551. The van der Waals surface area contributed by atoms with Gasteiger partial charge in [0.25, 0.3) is 0 Å². The number of nitrogens with zero attached hydrogens (tertiary/aromatic N) is 2. The van der Waals surface area contributed by atoms with Gasteiger partial charge in [-0.3, -0.25) is 4.40 Å². The molecule has 0 atom stereocenters. The normalized spacial score (nSPS) is 11.0. The van der Waals surface area contributed by atoms with Gasteiger partial charge in [0.15, 0.2) is 0 Å². The zero-order chi connectivity index (χ0) is 12.7. The molecule has 2 N–H and O–H groups in total. The number of aromatic nitrogens is 2. The standard InChI is InChI=1S/C13H9Cl2N3/c14-8-4-5-10(15)9(7-8)12-13(16)18-6-2-1-3-11(18)17-12/h1-7H,16H2. The summed E-state index contributed by atoms with van der Waals surface area (Å²) in [6, 6.07) is 10.9. The second-order valence-electron chi connectivity index (χ2n) is 3.90. The van der Waals surface area contributed by atoms with Crippen LogP contribution in [0.1, 0.15) is 0 Å². The summed E-state index contributed by atoms with van der Waals surface area (Å²) >= 11 is 12.2. The molecule has 0 radical (unpaired) electrons. The lowest BCUT2D eigenvalue weighted by atomic mass is 10.1. The van der Waals surface area contributed by atoms with Crippen LogP contribution in [0, 0.1) is 0 Å². The van der Waals surface area contributed by atoms with Crippen molar-refractivity contribution >= 4 is 34.7 Å². The highest BCUT2D eigenvalue weighted by molar-refractivity contribution is 6.35. The molecule has 0 aliphatic heterocycles. The molecule has 0 unspecified atom stereocenters. The summed E-state index contributed by atoms with van der Waals surface area (Å²) in [5, 5.41) is 1.18. The summed E-state index contributed by atoms with van der Waals surface area (Å²) in [4.78, 5) is 4.48. The average molecular weight is 278 g/mol. The van der Waals surface area contributed by atoms with E-state index in [1.165, 1.54) is 0 Å². The number of halogens is 2. The van der Waals surface area contributed by atoms with E-state index in [2.05, 4.69) is 4.98 Å². The van der Waals surface area contributed by atoms with Gasteiger partial charge in [-0.05, 0) is 30.3 Å². The van der Waals surface area contributed by atoms with Crippen LogP contribution >= 0.6 is 23.2 Å². The van der Waals surface area contributed by atoms with Crippen LogP contribution in [-0.4, -0.2) is 9.38 Å². The Kier molecular flexibility index (Phi) is 2.65. The lowest BCUT2D eigenvalue weighted by Gasteiger charge is -2.03. The molecule has 0 aliphatic rings. The number of nitrogen functional groups attached to an aromatic ring is 1. The number of rotatable bonds is 1. The molecule has 0 spiro atoms. The van der Waals surface area contributed by atoms with Crippen LogP contribution in [0.15, 0.2) is 42.6 Å². The van der Waals surface area contributed by atoms with E-state index in [4.69, 9.17) is 28.9 Å². The van der Waals surface area contributed by atoms with E-state index in [1.807, 2.05) is 28.8 Å². The largest absolute Gasteiger partial charge is 0.383 e. The van der Waals surface area contributed by atoms with E-state index in [0.717, 1.165) is 11.2 Å². The van der Waals surface area contributed by atoms with Gasteiger partial charge in [0.1, 0.15) is 17.2 Å². The molecule has 90 valence electrons. The minimum atomic E-state index is 0.551. The third kappa shape index (κ3) is 1.72. The zero-order valence-electron chi connectivity index (χ0n) is 9.27. The molecule has 0 saturated heterocycles. The SMILES string of the molecule is Nc1c(-c2cc(Cl)ccc2Cl)nc2ccccn12. The molecule has 5 heteroatoms. The van der Waals surface area contributed by atoms with Crippen LogP contribution in [-0.2, 0) is 0 Å². The third-order valence-electron chi connectivity index (χ3n) is 2.75. The Morgan fingerprint density at radius 3 is 2.72 bits per heavy atom. The van der Waals surface area contributed by atoms with Crippen molar-refractivity contribution in [3.8, 4) is 11.3 Å². The summed E-state index contributed by atoms with van der Waals surface area (Å²) in [7, 11) is 0. The molecule has 3 rings (SSSR count). The molecule has 3 nitrogen and oxygen atoms in total. The number of benzene rings is 1. The van der Waals surface area contributed by atoms with E-state index in [9.17, 15) is 0 Å². The number of pyridine rings is 1. The molecule has 2 heterocycles. The van der Waals surface area contributed by atoms with Gasteiger partial charge in [-0.25, -0.2) is 4.98 Å². The topological polar surface area (TPSA) is 43.3 Å². The van der Waals surface area contributed by atoms with Gasteiger partial charge < -0.3 is 5.73 Å². The van der Waals surface area contributed by atoms with E-state index in [1.54, 1.807) is 18.2 Å². The smallest absolute Gasteiger partial charge is 0.139 e. The molecular formula is C13H9Cl2N3. The third-order valence-corrected chi connectivity index (χ3v) is 3.32. The highest BCUT2D eigenvalue weighted by Gasteiger charge is 2.14. The Morgan fingerprint density at radius 2 is 1.94 bits per heavy atom. The van der Waals surface area contributed by atoms with Crippen LogP contribution in [0.4, 0.5) is 5.82 Å². The zero-order valence-corrected chi connectivity index (χ0v) is 10.8. The lowest BCUT2D eigenvalue weighted by Crippen LogP contribution is -1.93. The van der Waals surface area contributed by atoms with Crippen molar-refractivity contribution in [1.82, 2.24) is 9.38 Å². The lowest BCUT2D eigenvalue weighted by molar-refractivity contribution is 1.20. The maximum atomic E-state index is 6.17. The van der Waals surface area contributed by atoms with Crippen LogP contribution in [0.2, 0.25) is 10.0 Å². The van der Waals surface area contributed by atoms with Gasteiger partial charge in [-0.1, -0.05) is 29.3 Å². The number of anilines is 1. The summed E-state index contributed by atoms with van der Waals surface area (Å²) < 4.78 is 1.81. The number of hydrogen-bond acceptors (Lipinski definition) is 2. The van der Waals surface area contributed by atoms with Gasteiger partial charge in [0, 0.05) is 16.8 Å². The number of hydrogen-bond donors (Lipinski definition) is 1. The van der Waals surface area contributed by atoms with Gasteiger partial charge in [0.2, 0.25) is 0 Å². The van der Waals surface area contributed by atoms with E-state index < -0.39 is 0 Å². The molecule has 1 aromatic carbocycles. The average Bonchev–Trinajstić information content (AvgIpc) is 2.71. The Labute approximate surface area is 114 Å². The quantitative estimate of drug-likeness (QED) is 0.733. The Bertz CT molecular complexity index is 734. The summed E-state index contributed by atoms with van der Waals surface area (Å²) in [6.07, 6.45) is 1.86. The predicted molar refractivity (Wildman–Crippen MR) is 75.1 cm³/mol. The molecule has 0 fully saturated rings. The molecule has 2 aromatic heterocycles. The van der Waals surface area contributed by atoms with Crippen molar-refractivity contribution in [2.24, 2.45) is 0 Å². The second kappa shape index (κ2) is 4.19. The molecule has 0 saturated carbocycles. The minimum absolute atomic E-state index is 0.551. The Hall–Kier alpha value is -1.71. The number of nitrogens with two attached hydrogens (primary N) is 1. The Balaban J connectivity index is 2.31. The predicted octanol–water partition coefficient (Wildman–Crippen LogP) is 3.89. The number of imidazole rings is 1. The minimum Gasteiger partial charge on any atom is -0.383 e. The first-order chi connectivity index (χ1) is 8.66. The summed E-state index contributed by atoms with van der Waals surface area (Å²) in [5.41, 5.74) is 8.26. The molecule has 0 aliphatic carbocycles. The highest BCUT2D eigenvalue weighted by Crippen LogP contribution is 2.33. The first-order valence-corrected chi connectivity index (χ1v) is 6.10. The van der Waals surface area contributed by atoms with Gasteiger partial charge in [0.05, 0.1) is 5.02 Å². The first-order valence-electron chi connectivity index (χ1n) is 5.35. The van der Waals surface area contributed by atoms with E-state index >= 15 is 0 Å². The Morgan fingerprint density at radius 1 is 1.11 bits per heavy atom. The molecule has 0 amide bonds. The van der Waals surface area contributed by atoms with Crippen molar-refractivity contribution in [2.45, 2.75) is 0 Å². The van der Waals surface area contributed by atoms with Gasteiger partial charge in [-0.15, -0.1) is 0 Å². The summed E-state index contributed by atoms with van der Waals surface area (Å²) in [6.45, 7) is 0. The van der Waals surface area contributed by atoms with E-state index in [0.29, 0.717) is 21.6 Å². The van der Waals surface area contributed by atoms with E-state index in [-0.39, 0.29) is 0 Å². The van der Waals surface area contributed by atoms with Crippen molar-refractivity contribution < 1.29 is 0 Å². The van der Waals surface area contributed by atoms with Crippen LogP contribution < -0.4 is 5.73 Å². The molecule has 0 bridgehead atoms. The van der Waals surface area contributed by atoms with Crippen molar-refractivity contribution in [3.05, 3.63) is 52.6 Å². The first kappa shape index (κ1) is 11.4. The van der Waals surface area contributed by atoms with Crippen LogP contribution in [0.5, 0.6) is 0 Å². The molecular weight excluding hydrogens is 269 g/mol. The fraction of sp³-hybridized carbons (Fsp3) is 0. The van der Waals surface area contributed by atoms with Crippen LogP contribution in [0.3, 0.4) is 0 Å². The maximum Gasteiger partial charge on any atom is 0.139 e.